The van der Waals surface area contributed by atoms with Crippen LogP contribution in [0.1, 0.15) is 44.0 Å². The quantitative estimate of drug-likeness (QED) is 0.857. The van der Waals surface area contributed by atoms with Crippen LogP contribution in [0.2, 0.25) is 0 Å². The third kappa shape index (κ3) is 3.75. The molecule has 0 aromatic heterocycles. The highest BCUT2D eigenvalue weighted by Gasteiger charge is 2.32. The minimum atomic E-state index is -0.292. The molecule has 0 bridgehead atoms. The summed E-state index contributed by atoms with van der Waals surface area (Å²) in [6, 6.07) is 9.66. The molecular weight excluding hydrogens is 264 g/mol. The maximum Gasteiger partial charge on any atom is 0.253 e. The fraction of sp³-hybridized carbons (Fsp3) is 0.529. The van der Waals surface area contributed by atoms with Gasteiger partial charge in [0.1, 0.15) is 5.75 Å². The van der Waals surface area contributed by atoms with Crippen LogP contribution >= 0.6 is 0 Å². The Morgan fingerprint density at radius 2 is 2.05 bits per heavy atom. The van der Waals surface area contributed by atoms with Crippen LogP contribution in [-0.2, 0) is 0 Å². The Hall–Kier alpha value is -2.02. The Morgan fingerprint density at radius 3 is 2.62 bits per heavy atom. The lowest BCUT2D eigenvalue weighted by molar-refractivity contribution is 0.0661. The topological polar surface area (TPSA) is 53.3 Å². The van der Waals surface area contributed by atoms with Crippen molar-refractivity contribution in [3.63, 3.8) is 0 Å². The van der Waals surface area contributed by atoms with Crippen LogP contribution in [0.25, 0.3) is 0 Å². The lowest BCUT2D eigenvalue weighted by Crippen LogP contribution is -2.41. The van der Waals surface area contributed by atoms with Gasteiger partial charge in [-0.25, -0.2) is 0 Å². The molecule has 0 aliphatic carbocycles. The van der Waals surface area contributed by atoms with E-state index in [0.29, 0.717) is 18.7 Å². The van der Waals surface area contributed by atoms with Crippen LogP contribution in [-0.4, -0.2) is 30.0 Å². The number of nitriles is 1. The highest BCUT2D eigenvalue weighted by atomic mass is 16.5. The number of rotatable bonds is 3. The summed E-state index contributed by atoms with van der Waals surface area (Å²) in [7, 11) is 0. The van der Waals surface area contributed by atoms with Crippen molar-refractivity contribution >= 4 is 5.91 Å². The molecule has 0 atom stereocenters. The summed E-state index contributed by atoms with van der Waals surface area (Å²) in [5.41, 5.74) is 0.355. The van der Waals surface area contributed by atoms with Crippen LogP contribution in [0.4, 0.5) is 0 Å². The van der Waals surface area contributed by atoms with Crippen molar-refractivity contribution in [2.75, 3.05) is 13.1 Å². The van der Waals surface area contributed by atoms with Crippen LogP contribution in [0.5, 0.6) is 5.75 Å². The third-order valence-corrected chi connectivity index (χ3v) is 3.88. The molecule has 0 saturated carbocycles. The first kappa shape index (κ1) is 15.4. The summed E-state index contributed by atoms with van der Waals surface area (Å²) in [6.07, 6.45) is 1.55. The SMILES string of the molecule is CC(C)Oc1cccc(C(=O)N2CCC(C)(C#N)CC2)c1. The molecule has 1 fully saturated rings. The lowest BCUT2D eigenvalue weighted by Gasteiger charge is -2.35. The van der Waals surface area contributed by atoms with E-state index in [-0.39, 0.29) is 17.4 Å². The van der Waals surface area contributed by atoms with Crippen LogP contribution in [0.3, 0.4) is 0 Å². The van der Waals surface area contributed by atoms with Gasteiger partial charge in [-0.3, -0.25) is 4.79 Å². The van der Waals surface area contributed by atoms with Gasteiger partial charge in [0, 0.05) is 18.7 Å². The standard InChI is InChI=1S/C17H22N2O2/c1-13(2)21-15-6-4-5-14(11-15)16(20)19-9-7-17(3,12-18)8-10-19/h4-6,11,13H,7-10H2,1-3H3. The van der Waals surface area contributed by atoms with E-state index in [4.69, 9.17) is 10.00 Å². The molecule has 1 aliphatic rings. The summed E-state index contributed by atoms with van der Waals surface area (Å²) in [6.45, 7) is 7.16. The first-order valence-corrected chi connectivity index (χ1v) is 7.41. The zero-order valence-corrected chi connectivity index (χ0v) is 12.9. The van der Waals surface area contributed by atoms with Crippen molar-refractivity contribution in [3.8, 4) is 11.8 Å². The largest absolute Gasteiger partial charge is 0.491 e. The second kappa shape index (κ2) is 6.17. The summed E-state index contributed by atoms with van der Waals surface area (Å²) in [4.78, 5) is 14.4. The number of nitrogens with zero attached hydrogens (tertiary/aromatic N) is 2. The monoisotopic (exact) mass is 286 g/mol. The van der Waals surface area contributed by atoms with Gasteiger partial charge in [-0.15, -0.1) is 0 Å². The van der Waals surface area contributed by atoms with Crippen molar-refractivity contribution in [3.05, 3.63) is 29.8 Å². The van der Waals surface area contributed by atoms with Gasteiger partial charge in [0.15, 0.2) is 0 Å². The second-order valence-corrected chi connectivity index (χ2v) is 6.16. The van der Waals surface area contributed by atoms with E-state index >= 15 is 0 Å². The molecule has 4 nitrogen and oxygen atoms in total. The lowest BCUT2D eigenvalue weighted by atomic mass is 9.82. The molecule has 1 saturated heterocycles. The van der Waals surface area contributed by atoms with Crippen molar-refractivity contribution in [1.82, 2.24) is 4.90 Å². The number of hydrogen-bond donors (Lipinski definition) is 0. The predicted octanol–water partition coefficient (Wildman–Crippen LogP) is 3.24. The van der Waals surface area contributed by atoms with Crippen molar-refractivity contribution < 1.29 is 9.53 Å². The summed E-state index contributed by atoms with van der Waals surface area (Å²) in [5.74, 6) is 0.735. The van der Waals surface area contributed by atoms with Gasteiger partial charge < -0.3 is 9.64 Å². The van der Waals surface area contributed by atoms with Gasteiger partial charge in [0.2, 0.25) is 0 Å². The molecule has 2 rings (SSSR count). The molecule has 0 spiro atoms. The van der Waals surface area contributed by atoms with Crippen LogP contribution in [0.15, 0.2) is 24.3 Å². The highest BCUT2D eigenvalue weighted by molar-refractivity contribution is 5.94. The Balaban J connectivity index is 2.06. The van der Waals surface area contributed by atoms with Gasteiger partial charge in [0.25, 0.3) is 5.91 Å². The molecule has 1 aromatic rings. The van der Waals surface area contributed by atoms with Gasteiger partial charge in [-0.2, -0.15) is 5.26 Å². The van der Waals surface area contributed by atoms with Crippen molar-refractivity contribution in [2.45, 2.75) is 39.7 Å². The minimum Gasteiger partial charge on any atom is -0.491 e. The average Bonchev–Trinajstić information content (AvgIpc) is 2.47. The van der Waals surface area contributed by atoms with Crippen molar-refractivity contribution in [2.24, 2.45) is 5.41 Å². The van der Waals surface area contributed by atoms with E-state index in [1.54, 1.807) is 6.07 Å². The van der Waals surface area contributed by atoms with Gasteiger partial charge in [-0.1, -0.05) is 6.07 Å². The van der Waals surface area contributed by atoms with Gasteiger partial charge in [0.05, 0.1) is 17.6 Å². The maximum atomic E-state index is 12.5. The zero-order valence-electron chi connectivity index (χ0n) is 12.9. The van der Waals surface area contributed by atoms with Gasteiger partial charge >= 0.3 is 0 Å². The molecule has 0 unspecified atom stereocenters. The van der Waals surface area contributed by atoms with E-state index in [1.165, 1.54) is 0 Å². The smallest absolute Gasteiger partial charge is 0.253 e. The Morgan fingerprint density at radius 1 is 1.38 bits per heavy atom. The number of amides is 1. The number of piperidine rings is 1. The molecule has 1 heterocycles. The van der Waals surface area contributed by atoms with E-state index in [1.807, 2.05) is 43.9 Å². The molecule has 0 radical (unpaired) electrons. The molecule has 21 heavy (non-hydrogen) atoms. The van der Waals surface area contributed by atoms with Gasteiger partial charge in [-0.05, 0) is 51.8 Å². The fourth-order valence-electron chi connectivity index (χ4n) is 2.47. The number of benzene rings is 1. The Labute approximate surface area is 126 Å². The van der Waals surface area contributed by atoms with Crippen LogP contribution in [0, 0.1) is 16.7 Å². The summed E-state index contributed by atoms with van der Waals surface area (Å²) >= 11 is 0. The van der Waals surface area contributed by atoms with E-state index in [9.17, 15) is 4.79 Å². The van der Waals surface area contributed by atoms with Crippen LogP contribution < -0.4 is 4.74 Å². The van der Waals surface area contributed by atoms with E-state index < -0.39 is 0 Å². The number of carbonyl (C=O) groups is 1. The zero-order chi connectivity index (χ0) is 15.5. The molecule has 4 heteroatoms. The average molecular weight is 286 g/mol. The van der Waals surface area contributed by atoms with Crippen molar-refractivity contribution in [1.29, 1.82) is 5.26 Å². The molecule has 1 amide bonds. The fourth-order valence-corrected chi connectivity index (χ4v) is 2.47. The Bertz CT molecular complexity index is 552. The minimum absolute atomic E-state index is 0.0178. The molecule has 112 valence electrons. The first-order valence-electron chi connectivity index (χ1n) is 7.41. The second-order valence-electron chi connectivity index (χ2n) is 6.16. The number of hydrogen-bond acceptors (Lipinski definition) is 3. The number of likely N-dealkylation sites (tertiary alicyclic amines) is 1. The predicted molar refractivity (Wildman–Crippen MR) is 81.1 cm³/mol. The molecule has 1 aromatic carbocycles. The maximum absolute atomic E-state index is 12.5. The normalized spacial score (nSPS) is 17.4. The summed E-state index contributed by atoms with van der Waals surface area (Å²) < 4.78 is 5.63. The Kier molecular flexibility index (Phi) is 4.52. The molecule has 0 N–H and O–H groups in total. The third-order valence-electron chi connectivity index (χ3n) is 3.88. The number of ether oxygens (including phenoxy) is 1. The first-order chi connectivity index (χ1) is 9.93. The molecule has 1 aliphatic heterocycles. The molecular formula is C17H22N2O2. The van der Waals surface area contributed by atoms with E-state index in [2.05, 4.69) is 6.07 Å². The summed E-state index contributed by atoms with van der Waals surface area (Å²) in [5, 5.41) is 9.14. The number of carbonyl (C=O) groups excluding carboxylic acids is 1. The highest BCUT2D eigenvalue weighted by Crippen LogP contribution is 2.30. The van der Waals surface area contributed by atoms with E-state index in [0.717, 1.165) is 18.6 Å².